The molecule has 1 amide bonds. The molecule has 0 aliphatic rings. The molecule has 0 aliphatic heterocycles. The molecule has 0 radical (unpaired) electrons. The van der Waals surface area contributed by atoms with Crippen LogP contribution in [0, 0.1) is 5.82 Å². The normalized spacial score (nSPS) is 10.7. The van der Waals surface area contributed by atoms with Gasteiger partial charge in [0.1, 0.15) is 15.7 Å². The van der Waals surface area contributed by atoms with E-state index in [4.69, 9.17) is 23.2 Å². The predicted molar refractivity (Wildman–Crippen MR) is 101 cm³/mol. The summed E-state index contributed by atoms with van der Waals surface area (Å²) in [6.45, 7) is 0. The van der Waals surface area contributed by atoms with E-state index >= 15 is 0 Å². The van der Waals surface area contributed by atoms with Gasteiger partial charge in [-0.3, -0.25) is 4.79 Å². The van der Waals surface area contributed by atoms with E-state index in [0.29, 0.717) is 21.3 Å². The van der Waals surface area contributed by atoms with Gasteiger partial charge in [0.2, 0.25) is 5.91 Å². The van der Waals surface area contributed by atoms with E-state index in [1.165, 1.54) is 23.9 Å². The summed E-state index contributed by atoms with van der Waals surface area (Å²) in [4.78, 5) is 12.0. The summed E-state index contributed by atoms with van der Waals surface area (Å²) >= 11 is 14.5. The number of anilines is 1. The maximum atomic E-state index is 13.6. The fourth-order valence-electron chi connectivity index (χ4n) is 2.00. The van der Waals surface area contributed by atoms with Crippen LogP contribution in [-0.4, -0.2) is 21.2 Å². The van der Waals surface area contributed by atoms with Gasteiger partial charge in [0, 0.05) is 10.6 Å². The van der Waals surface area contributed by atoms with Crippen molar-refractivity contribution in [2.45, 2.75) is 4.21 Å². The minimum absolute atomic E-state index is 0.0937. The van der Waals surface area contributed by atoms with Crippen molar-refractivity contribution < 1.29 is 9.18 Å². The lowest BCUT2D eigenvalue weighted by Gasteiger charge is -2.06. The lowest BCUT2D eigenvalue weighted by molar-refractivity contribution is -0.113. The molecule has 0 fully saturated rings. The number of aromatic nitrogens is 2. The Morgan fingerprint density at radius 3 is 2.80 bits per heavy atom. The summed E-state index contributed by atoms with van der Waals surface area (Å²) < 4.78 is 18.2. The largest absolute Gasteiger partial charge is 0.323 e. The van der Waals surface area contributed by atoms with Gasteiger partial charge in [-0.05, 0) is 41.9 Å². The van der Waals surface area contributed by atoms with Crippen molar-refractivity contribution in [2.75, 3.05) is 11.1 Å². The summed E-state index contributed by atoms with van der Waals surface area (Å²) in [6.07, 6.45) is 0. The maximum Gasteiger partial charge on any atom is 0.234 e. The quantitative estimate of drug-likeness (QED) is 0.570. The summed E-state index contributed by atoms with van der Waals surface area (Å²) in [5.41, 5.74) is 1.43. The molecule has 4 nitrogen and oxygen atoms in total. The summed E-state index contributed by atoms with van der Waals surface area (Å²) in [7, 11) is 0. The average Bonchev–Trinajstić information content (AvgIpc) is 3.03. The van der Waals surface area contributed by atoms with Crippen LogP contribution < -0.4 is 5.32 Å². The van der Waals surface area contributed by atoms with Gasteiger partial charge in [-0.2, -0.15) is 0 Å². The Balaban J connectivity index is 1.69. The van der Waals surface area contributed by atoms with E-state index in [1.807, 2.05) is 0 Å². The zero-order chi connectivity index (χ0) is 17.8. The number of carbonyl (C=O) groups excluding carboxylic acids is 1. The van der Waals surface area contributed by atoms with Crippen LogP contribution in [0.5, 0.6) is 0 Å². The molecular weight excluding hydrogens is 404 g/mol. The van der Waals surface area contributed by atoms with Crippen LogP contribution >= 0.6 is 46.5 Å². The minimum Gasteiger partial charge on any atom is -0.323 e. The van der Waals surface area contributed by atoms with Crippen molar-refractivity contribution in [3.8, 4) is 11.3 Å². The lowest BCUT2D eigenvalue weighted by atomic mass is 10.2. The molecule has 1 heterocycles. The van der Waals surface area contributed by atoms with Crippen molar-refractivity contribution in [3.05, 3.63) is 58.3 Å². The van der Waals surface area contributed by atoms with Crippen molar-refractivity contribution in [1.29, 1.82) is 0 Å². The Morgan fingerprint density at radius 1 is 1.24 bits per heavy atom. The zero-order valence-corrected chi connectivity index (χ0v) is 15.6. The third kappa shape index (κ3) is 4.49. The van der Waals surface area contributed by atoms with Gasteiger partial charge in [-0.15, -0.1) is 16.9 Å². The second-order valence-electron chi connectivity index (χ2n) is 4.85. The average molecular weight is 414 g/mol. The molecule has 1 aromatic heterocycles. The highest BCUT2D eigenvalue weighted by Gasteiger charge is 2.16. The lowest BCUT2D eigenvalue weighted by Crippen LogP contribution is -2.14. The van der Waals surface area contributed by atoms with E-state index in [0.717, 1.165) is 15.7 Å². The van der Waals surface area contributed by atoms with Gasteiger partial charge in [-0.1, -0.05) is 39.8 Å². The molecule has 25 heavy (non-hydrogen) atoms. The molecule has 0 aliphatic carbocycles. The number of hydrogen-bond donors (Lipinski definition) is 1. The van der Waals surface area contributed by atoms with E-state index in [1.54, 1.807) is 30.3 Å². The first kappa shape index (κ1) is 18.1. The second kappa shape index (κ2) is 8.14. The highest BCUT2D eigenvalue weighted by molar-refractivity contribution is 8.01. The molecule has 0 saturated heterocycles. The fraction of sp³-hybridized carbons (Fsp3) is 0.0625. The number of amides is 1. The number of benzene rings is 2. The number of hydrogen-bond acceptors (Lipinski definition) is 5. The molecule has 2 aromatic carbocycles. The molecular formula is C16H10Cl2FN3OS2. The molecule has 9 heteroatoms. The van der Waals surface area contributed by atoms with E-state index in [9.17, 15) is 9.18 Å². The highest BCUT2D eigenvalue weighted by atomic mass is 35.5. The molecule has 0 unspecified atom stereocenters. The molecule has 3 rings (SSSR count). The molecule has 128 valence electrons. The number of nitrogens with one attached hydrogen (secondary N) is 1. The number of halogens is 3. The predicted octanol–water partition coefficient (Wildman–Crippen LogP) is 5.38. The number of thioether (sulfide) groups is 1. The Kier molecular flexibility index (Phi) is 5.90. The Hall–Kier alpha value is -1.67. The highest BCUT2D eigenvalue weighted by Crippen LogP contribution is 2.37. The zero-order valence-electron chi connectivity index (χ0n) is 12.5. The first-order valence-corrected chi connectivity index (χ1v) is 9.51. The van der Waals surface area contributed by atoms with Crippen molar-refractivity contribution >= 4 is 58.1 Å². The van der Waals surface area contributed by atoms with Crippen LogP contribution in [0.15, 0.2) is 46.7 Å². The van der Waals surface area contributed by atoms with Gasteiger partial charge in [0.05, 0.1) is 16.5 Å². The molecule has 0 bridgehead atoms. The Morgan fingerprint density at radius 2 is 2.04 bits per heavy atom. The van der Waals surface area contributed by atoms with Crippen LogP contribution in [-0.2, 0) is 4.79 Å². The van der Waals surface area contributed by atoms with Gasteiger partial charge >= 0.3 is 0 Å². The van der Waals surface area contributed by atoms with Crippen LogP contribution in [0.4, 0.5) is 10.1 Å². The molecule has 0 atom stereocenters. The number of para-hydroxylation sites is 1. The van der Waals surface area contributed by atoms with Crippen molar-refractivity contribution in [2.24, 2.45) is 0 Å². The Bertz CT molecular complexity index is 920. The Labute approximate surface area is 161 Å². The van der Waals surface area contributed by atoms with Crippen molar-refractivity contribution in [3.63, 3.8) is 0 Å². The summed E-state index contributed by atoms with van der Waals surface area (Å²) in [6, 6.07) is 11.1. The van der Waals surface area contributed by atoms with Gasteiger partial charge < -0.3 is 5.32 Å². The van der Waals surface area contributed by atoms with E-state index in [2.05, 4.69) is 14.9 Å². The van der Waals surface area contributed by atoms with Crippen LogP contribution in [0.2, 0.25) is 10.0 Å². The van der Waals surface area contributed by atoms with Crippen LogP contribution in [0.25, 0.3) is 11.3 Å². The van der Waals surface area contributed by atoms with E-state index in [-0.39, 0.29) is 17.3 Å². The SMILES string of the molecule is O=C(CSc1snnc1-c1ccc(Cl)cc1Cl)Nc1ccccc1F. The second-order valence-corrected chi connectivity index (χ2v) is 7.69. The number of rotatable bonds is 5. The molecule has 0 saturated carbocycles. The molecule has 1 N–H and O–H groups in total. The number of carbonyl (C=O) groups is 1. The smallest absolute Gasteiger partial charge is 0.234 e. The van der Waals surface area contributed by atoms with Crippen molar-refractivity contribution in [1.82, 2.24) is 9.59 Å². The maximum absolute atomic E-state index is 13.6. The number of nitrogens with zero attached hydrogens (tertiary/aromatic N) is 2. The first-order chi connectivity index (χ1) is 12.0. The molecule has 0 spiro atoms. The third-order valence-corrected chi connectivity index (χ3v) is 5.64. The first-order valence-electron chi connectivity index (χ1n) is 6.99. The molecule has 3 aromatic rings. The van der Waals surface area contributed by atoms with Gasteiger partial charge in [-0.25, -0.2) is 4.39 Å². The fourth-order valence-corrected chi connectivity index (χ4v) is 4.04. The van der Waals surface area contributed by atoms with Gasteiger partial charge in [0.15, 0.2) is 0 Å². The minimum atomic E-state index is -0.478. The third-order valence-electron chi connectivity index (χ3n) is 3.13. The summed E-state index contributed by atoms with van der Waals surface area (Å²) in [5.74, 6) is -0.707. The standard InChI is InChI=1S/C16H10Cl2FN3OS2/c17-9-5-6-10(11(18)7-9)15-16(25-22-21-15)24-8-14(23)20-13-4-2-1-3-12(13)19/h1-7H,8H2,(H,20,23). The van der Waals surface area contributed by atoms with Gasteiger partial charge in [0.25, 0.3) is 0 Å². The van der Waals surface area contributed by atoms with E-state index < -0.39 is 5.82 Å². The summed E-state index contributed by atoms with van der Waals surface area (Å²) in [5, 5.41) is 7.60. The monoisotopic (exact) mass is 413 g/mol. The van der Waals surface area contributed by atoms with Crippen LogP contribution in [0.3, 0.4) is 0 Å². The topological polar surface area (TPSA) is 54.9 Å². The van der Waals surface area contributed by atoms with Crippen LogP contribution in [0.1, 0.15) is 0 Å².